The molecule has 0 saturated carbocycles. The number of hydrogen-bond acceptors (Lipinski definition) is 3. The molecule has 0 amide bonds. The molecule has 0 aliphatic rings. The molecule has 176 valence electrons. The maximum absolute atomic E-state index is 13.9. The van der Waals surface area contributed by atoms with Crippen LogP contribution in [-0.2, 0) is 10.1 Å². The van der Waals surface area contributed by atoms with Crippen molar-refractivity contribution < 1.29 is 87.6 Å². The van der Waals surface area contributed by atoms with Gasteiger partial charge in [0, 0.05) is 0 Å². The van der Waals surface area contributed by atoms with Gasteiger partial charge in [-0.25, -0.2) is 17.2 Å². The van der Waals surface area contributed by atoms with E-state index in [4.69, 9.17) is 0 Å². The summed E-state index contributed by atoms with van der Waals surface area (Å²) in [7, 11) is -9.10. The zero-order valence-electron chi connectivity index (χ0n) is 12.1. The predicted octanol–water partition coefficient (Wildman–Crippen LogP) is 4.50. The first-order valence-electron chi connectivity index (χ1n) is 5.67. The second kappa shape index (κ2) is 6.36. The molecule has 29 heavy (non-hydrogen) atoms. The molecule has 0 aromatic rings. The Bertz CT molecular complexity index is 729. The van der Waals surface area contributed by atoms with Gasteiger partial charge in [-0.2, -0.15) is 65.9 Å². The molecule has 0 aromatic heterocycles. The third-order valence-corrected chi connectivity index (χ3v) is 4.35. The van der Waals surface area contributed by atoms with E-state index >= 15 is 0 Å². The van der Waals surface area contributed by atoms with Gasteiger partial charge >= 0.3 is 47.0 Å². The first-order chi connectivity index (χ1) is 12.0. The van der Waals surface area contributed by atoms with Crippen LogP contribution < -0.4 is 0 Å². The summed E-state index contributed by atoms with van der Waals surface area (Å²) in [5, 5.41) is -9.00. The van der Waals surface area contributed by atoms with E-state index in [-0.39, 0.29) is 0 Å². The quantitative estimate of drug-likeness (QED) is 0.414. The molecule has 0 radical (unpaired) electrons. The number of alkyl halides is 17. The van der Waals surface area contributed by atoms with Crippen LogP contribution in [0.25, 0.3) is 0 Å². The van der Waals surface area contributed by atoms with E-state index < -0.39 is 57.1 Å². The van der Waals surface area contributed by atoms with Crippen LogP contribution in [0.15, 0.2) is 0 Å². The molecule has 0 heterocycles. The highest BCUT2D eigenvalue weighted by molar-refractivity contribution is 7.87. The summed E-state index contributed by atoms with van der Waals surface area (Å²) >= 11 is 0. The van der Waals surface area contributed by atoms with Gasteiger partial charge in [-0.15, -0.1) is 0 Å². The normalized spacial score (nSPS) is 20.2. The number of hydrogen-bond donors (Lipinski definition) is 0. The Kier molecular flexibility index (Phi) is 6.08. The SMILES string of the molecule is O=S(=O)([O-])C(F)(C(F)(F)C(F)(F)F)C(F)(C(F)(F)F)C(F)(F)C(F)(F)C(F)(F)F. The fourth-order valence-corrected chi connectivity index (χ4v) is 2.70. The first kappa shape index (κ1) is 27.7. The van der Waals surface area contributed by atoms with Gasteiger partial charge in [-0.1, -0.05) is 0 Å². The van der Waals surface area contributed by atoms with Crippen LogP contribution in [0.5, 0.6) is 0 Å². The number of halogens is 17. The van der Waals surface area contributed by atoms with E-state index in [1.165, 1.54) is 0 Å². The molecule has 0 spiro atoms. The predicted molar refractivity (Wildman–Crippen MR) is 50.4 cm³/mol. The molecule has 0 N–H and O–H groups in total. The zero-order chi connectivity index (χ0) is 24.5. The molecule has 2 atom stereocenters. The van der Waals surface area contributed by atoms with Crippen molar-refractivity contribution in [1.29, 1.82) is 0 Å². The molecule has 0 fully saturated rings. The Morgan fingerprint density at radius 1 is 0.448 bits per heavy atom. The molecule has 0 aliphatic carbocycles. The highest BCUT2D eigenvalue weighted by Gasteiger charge is 2.99. The topological polar surface area (TPSA) is 57.2 Å². The van der Waals surface area contributed by atoms with Gasteiger partial charge in [-0.05, 0) is 0 Å². The van der Waals surface area contributed by atoms with Gasteiger partial charge in [0.25, 0.3) is 0 Å². The van der Waals surface area contributed by atoms with E-state index in [0.717, 1.165) is 0 Å². The Balaban J connectivity index is 7.86. The van der Waals surface area contributed by atoms with Crippen molar-refractivity contribution in [3.05, 3.63) is 0 Å². The Labute approximate surface area is 146 Å². The van der Waals surface area contributed by atoms with Crippen LogP contribution in [0, 0.1) is 0 Å². The van der Waals surface area contributed by atoms with Gasteiger partial charge in [0.05, 0.1) is 0 Å². The molecule has 0 saturated heterocycles. The first-order valence-corrected chi connectivity index (χ1v) is 7.08. The largest absolute Gasteiger partial charge is 0.745 e. The average Bonchev–Trinajstić information content (AvgIpc) is 2.39. The maximum Gasteiger partial charge on any atom is 0.460 e. The second-order valence-electron chi connectivity index (χ2n) is 4.92. The standard InChI is InChI=1S/C8HF17O3S/c9-1(6(17,18)19,2(10,11)3(12,13)7(20,21)22)5(16,29(26,27)28)4(14,15)8(23,24)25/h(H,26,27,28)/p-1. The molecule has 0 bridgehead atoms. The molecule has 21 heteroatoms. The maximum atomic E-state index is 13.9. The lowest BCUT2D eigenvalue weighted by Crippen LogP contribution is -2.81. The van der Waals surface area contributed by atoms with Crippen molar-refractivity contribution in [1.82, 2.24) is 0 Å². The lowest BCUT2D eigenvalue weighted by Gasteiger charge is -2.48. The molecule has 0 rings (SSSR count). The van der Waals surface area contributed by atoms with Crippen molar-refractivity contribution >= 4 is 10.1 Å². The van der Waals surface area contributed by atoms with E-state index in [2.05, 4.69) is 0 Å². The average molecular weight is 499 g/mol. The zero-order valence-corrected chi connectivity index (χ0v) is 12.9. The highest BCUT2D eigenvalue weighted by Crippen LogP contribution is 2.67. The van der Waals surface area contributed by atoms with E-state index in [1.807, 2.05) is 0 Å². The Morgan fingerprint density at radius 3 is 0.897 bits per heavy atom. The summed E-state index contributed by atoms with van der Waals surface area (Å²) in [5.41, 5.74) is -9.29. The minimum atomic E-state index is -9.29. The van der Waals surface area contributed by atoms with Crippen molar-refractivity contribution in [3.63, 3.8) is 0 Å². The smallest absolute Gasteiger partial charge is 0.460 e. The van der Waals surface area contributed by atoms with Gasteiger partial charge in [0.2, 0.25) is 0 Å². The summed E-state index contributed by atoms with van der Waals surface area (Å²) in [4.78, 5) is 0. The van der Waals surface area contributed by atoms with Crippen molar-refractivity contribution in [2.75, 3.05) is 0 Å². The van der Waals surface area contributed by atoms with E-state index in [0.29, 0.717) is 0 Å². The fourth-order valence-electron chi connectivity index (χ4n) is 1.68. The third kappa shape index (κ3) is 3.26. The number of rotatable bonds is 5. The molecule has 3 nitrogen and oxygen atoms in total. The van der Waals surface area contributed by atoms with Crippen LogP contribution in [-0.4, -0.2) is 59.9 Å². The Morgan fingerprint density at radius 2 is 0.724 bits per heavy atom. The van der Waals surface area contributed by atoms with Gasteiger partial charge in [0.1, 0.15) is 10.1 Å². The van der Waals surface area contributed by atoms with Gasteiger partial charge in [-0.3, -0.25) is 0 Å². The molecular formula is C8F17O3S-. The van der Waals surface area contributed by atoms with Crippen molar-refractivity contribution in [2.45, 2.75) is 47.0 Å². The monoisotopic (exact) mass is 499 g/mol. The molecule has 0 aromatic carbocycles. The summed E-state index contributed by atoms with van der Waals surface area (Å²) in [6.07, 6.45) is -25.0. The third-order valence-electron chi connectivity index (χ3n) is 3.12. The van der Waals surface area contributed by atoms with Crippen molar-refractivity contribution in [2.24, 2.45) is 0 Å². The van der Waals surface area contributed by atoms with Crippen LogP contribution in [0.4, 0.5) is 74.6 Å². The van der Waals surface area contributed by atoms with Gasteiger partial charge < -0.3 is 4.55 Å². The summed E-state index contributed by atoms with van der Waals surface area (Å²) in [5.74, 6) is -26.5. The van der Waals surface area contributed by atoms with Crippen LogP contribution in [0.1, 0.15) is 0 Å². The van der Waals surface area contributed by atoms with E-state index in [9.17, 15) is 87.6 Å². The van der Waals surface area contributed by atoms with Crippen LogP contribution >= 0.6 is 0 Å². The summed E-state index contributed by atoms with van der Waals surface area (Å²) < 4.78 is 247. The van der Waals surface area contributed by atoms with Crippen LogP contribution in [0.3, 0.4) is 0 Å². The molecule has 0 aliphatic heterocycles. The van der Waals surface area contributed by atoms with Gasteiger partial charge in [0.15, 0.2) is 0 Å². The van der Waals surface area contributed by atoms with E-state index in [1.54, 1.807) is 0 Å². The molecular weight excluding hydrogens is 499 g/mol. The highest BCUT2D eigenvalue weighted by atomic mass is 32.2. The minimum absolute atomic E-state index is 8.11. The second-order valence-corrected chi connectivity index (χ2v) is 6.40. The summed E-state index contributed by atoms with van der Waals surface area (Å²) in [6.45, 7) is 0. The Hall–Kier alpha value is -1.28. The molecule has 2 unspecified atom stereocenters. The minimum Gasteiger partial charge on any atom is -0.745 e. The lowest BCUT2D eigenvalue weighted by atomic mass is 9.83. The fraction of sp³-hybridized carbons (Fsp3) is 1.00. The lowest BCUT2D eigenvalue weighted by molar-refractivity contribution is -0.443. The van der Waals surface area contributed by atoms with Crippen molar-refractivity contribution in [3.8, 4) is 0 Å². The van der Waals surface area contributed by atoms with Crippen LogP contribution in [0.2, 0.25) is 0 Å². The summed E-state index contributed by atoms with van der Waals surface area (Å²) in [6, 6.07) is 0.